The molecule has 0 amide bonds. The Hall–Kier alpha value is -2.28. The van der Waals surface area contributed by atoms with Crippen molar-refractivity contribution in [1.29, 1.82) is 0 Å². The Balaban J connectivity index is 6.22. The number of carbonyl (C=O) groups is 4. The smallest absolute Gasteiger partial charge is 0.307 e. The first-order valence-corrected chi connectivity index (χ1v) is 44.0. The van der Waals surface area contributed by atoms with E-state index in [1.54, 1.807) is 0 Å². The Bertz CT molecular complexity index is 1500. The average Bonchev–Trinajstić information content (AvgIpc) is 1.53. The van der Waals surface area contributed by atoms with Gasteiger partial charge in [0.05, 0.1) is 52.1 Å². The van der Waals surface area contributed by atoms with Gasteiger partial charge in [-0.15, -0.1) is 0 Å². The van der Waals surface area contributed by atoms with Crippen molar-refractivity contribution >= 4 is 23.9 Å². The lowest BCUT2D eigenvalue weighted by Crippen LogP contribution is -2.40. The standard InChI is InChI=1S/C87H172N4O8/c1-11-21-29-37-41-49-58-80(54-45-33-25-15-5)76-96-84(92)62-68-90(69-63-85(93)97-77-81(55-46-34-26-16-6)59-50-42-38-30-22-12-2)74-72-88(19-9)66-53-67-89(20-10)73-75-91(70-64-86(94)98-78-82(56-47-35-27-17-7)60-51-43-39-31-23-13-3)71-65-87(95)99-79-83(57-48-36-28-18-8)61-52-44-40-32-24-14-4/h80-83H,11-79H2,1-10H3. The Morgan fingerprint density at radius 3 is 0.566 bits per heavy atom. The zero-order valence-corrected chi connectivity index (χ0v) is 68.2. The second kappa shape index (κ2) is 75.4. The molecule has 0 fully saturated rings. The van der Waals surface area contributed by atoms with E-state index in [2.05, 4.69) is 88.8 Å². The highest BCUT2D eigenvalue weighted by Crippen LogP contribution is 2.25. The lowest BCUT2D eigenvalue weighted by molar-refractivity contribution is -0.147. The van der Waals surface area contributed by atoms with Crippen molar-refractivity contribution < 1.29 is 38.1 Å². The lowest BCUT2D eigenvalue weighted by Gasteiger charge is -2.29. The molecule has 99 heavy (non-hydrogen) atoms. The van der Waals surface area contributed by atoms with Crippen molar-refractivity contribution in [1.82, 2.24) is 19.6 Å². The van der Waals surface area contributed by atoms with Gasteiger partial charge in [-0.3, -0.25) is 19.2 Å². The molecule has 0 saturated carbocycles. The summed E-state index contributed by atoms with van der Waals surface area (Å²) in [6.45, 7) is 33.9. The van der Waals surface area contributed by atoms with Gasteiger partial charge in [-0.05, 0) is 108 Å². The summed E-state index contributed by atoms with van der Waals surface area (Å²) in [6, 6.07) is 0. The Morgan fingerprint density at radius 1 is 0.202 bits per heavy atom. The summed E-state index contributed by atoms with van der Waals surface area (Å²) in [5.41, 5.74) is 0. The van der Waals surface area contributed by atoms with Gasteiger partial charge in [0.1, 0.15) is 0 Å². The number of rotatable bonds is 80. The van der Waals surface area contributed by atoms with Crippen molar-refractivity contribution in [3.63, 3.8) is 0 Å². The summed E-state index contributed by atoms with van der Waals surface area (Å²) in [4.78, 5) is 64.2. The molecule has 0 heterocycles. The highest BCUT2D eigenvalue weighted by molar-refractivity contribution is 5.71. The van der Waals surface area contributed by atoms with E-state index in [-0.39, 0.29) is 23.9 Å². The maximum Gasteiger partial charge on any atom is 0.307 e. The highest BCUT2D eigenvalue weighted by atomic mass is 16.5. The maximum atomic E-state index is 13.6. The van der Waals surface area contributed by atoms with Crippen LogP contribution in [0.15, 0.2) is 0 Å². The molecule has 0 saturated heterocycles. The van der Waals surface area contributed by atoms with Crippen LogP contribution in [0.2, 0.25) is 0 Å². The molecule has 0 aromatic carbocycles. The summed E-state index contributed by atoms with van der Waals surface area (Å²) in [5, 5.41) is 0. The normalized spacial score (nSPS) is 13.1. The van der Waals surface area contributed by atoms with Crippen molar-refractivity contribution in [3.05, 3.63) is 0 Å². The van der Waals surface area contributed by atoms with Crippen LogP contribution >= 0.6 is 0 Å². The van der Waals surface area contributed by atoms with Crippen LogP contribution in [0.25, 0.3) is 0 Å². The first-order valence-electron chi connectivity index (χ1n) is 44.0. The van der Waals surface area contributed by atoms with Crippen LogP contribution in [-0.2, 0) is 38.1 Å². The number of ether oxygens (including phenoxy) is 4. The first-order chi connectivity index (χ1) is 48.4. The number of carbonyl (C=O) groups excluding carboxylic acids is 4. The summed E-state index contributed by atoms with van der Waals surface area (Å²) in [5.74, 6) is 1.19. The molecule has 0 rings (SSSR count). The Morgan fingerprint density at radius 2 is 0.374 bits per heavy atom. The third-order valence-corrected chi connectivity index (χ3v) is 21.5. The van der Waals surface area contributed by atoms with Crippen LogP contribution in [0, 0.1) is 23.7 Å². The molecule has 0 bridgehead atoms. The third kappa shape index (κ3) is 65.0. The Kier molecular flexibility index (Phi) is 73.7. The van der Waals surface area contributed by atoms with E-state index >= 15 is 0 Å². The molecule has 0 radical (unpaired) electrons. The largest absolute Gasteiger partial charge is 0.465 e. The van der Waals surface area contributed by atoms with E-state index in [9.17, 15) is 19.2 Å². The van der Waals surface area contributed by atoms with Crippen molar-refractivity contribution in [2.45, 2.75) is 410 Å². The fraction of sp³-hybridized carbons (Fsp3) is 0.954. The number of nitrogens with zero attached hydrogens (tertiary/aromatic N) is 4. The van der Waals surface area contributed by atoms with Crippen molar-refractivity contribution in [2.75, 3.05) is 105 Å². The van der Waals surface area contributed by atoms with E-state index in [0.29, 0.717) is 102 Å². The molecular formula is C87H172N4O8. The van der Waals surface area contributed by atoms with Gasteiger partial charge >= 0.3 is 23.9 Å². The quantitative estimate of drug-likeness (QED) is 0.0328. The van der Waals surface area contributed by atoms with E-state index in [4.69, 9.17) is 18.9 Å². The van der Waals surface area contributed by atoms with Crippen LogP contribution in [0.3, 0.4) is 0 Å². The molecule has 12 heteroatoms. The minimum absolute atomic E-state index is 0.124. The second-order valence-corrected chi connectivity index (χ2v) is 30.7. The minimum Gasteiger partial charge on any atom is -0.465 e. The number of likely N-dealkylation sites (N-methyl/N-ethyl adjacent to an activating group) is 2. The zero-order valence-electron chi connectivity index (χ0n) is 68.2. The predicted molar refractivity (Wildman–Crippen MR) is 425 cm³/mol. The van der Waals surface area contributed by atoms with Crippen molar-refractivity contribution in [2.24, 2.45) is 23.7 Å². The predicted octanol–water partition coefficient (Wildman–Crippen LogP) is 23.7. The molecule has 12 nitrogen and oxygen atoms in total. The van der Waals surface area contributed by atoms with E-state index < -0.39 is 0 Å². The van der Waals surface area contributed by atoms with Crippen LogP contribution in [-0.4, -0.2) is 148 Å². The fourth-order valence-electron chi connectivity index (χ4n) is 14.3. The average molecular weight is 1400 g/mol. The SMILES string of the molecule is CCCCCCCCC(CCCCCC)COC(=O)CCN(CCC(=O)OCC(CCCCCC)CCCCCCCC)CCN(CC)CCCN(CC)CCN(CCC(=O)OCC(CCCCCC)CCCCCCCC)CCC(=O)OCC(CCCCCC)CCCCCCCC. The number of hydrogen-bond acceptors (Lipinski definition) is 12. The lowest BCUT2D eigenvalue weighted by atomic mass is 9.95. The molecule has 0 aromatic heterocycles. The van der Waals surface area contributed by atoms with Gasteiger partial charge in [-0.25, -0.2) is 0 Å². The van der Waals surface area contributed by atoms with E-state index in [1.807, 2.05) is 0 Å². The maximum absolute atomic E-state index is 13.6. The summed E-state index contributed by atoms with van der Waals surface area (Å²) < 4.78 is 24.5. The molecule has 4 atom stereocenters. The molecule has 0 aliphatic carbocycles. The molecule has 0 aromatic rings. The van der Waals surface area contributed by atoms with Crippen molar-refractivity contribution in [3.8, 4) is 0 Å². The van der Waals surface area contributed by atoms with Crippen LogP contribution in [0.5, 0.6) is 0 Å². The van der Waals surface area contributed by atoms with Crippen LogP contribution in [0.4, 0.5) is 0 Å². The molecular weight excluding hydrogens is 1230 g/mol. The Labute approximate surface area is 616 Å². The topological polar surface area (TPSA) is 118 Å². The first kappa shape index (κ1) is 96.7. The summed E-state index contributed by atoms with van der Waals surface area (Å²) in [7, 11) is 0. The molecule has 588 valence electrons. The van der Waals surface area contributed by atoms with Gasteiger partial charge in [0.15, 0.2) is 0 Å². The second-order valence-electron chi connectivity index (χ2n) is 30.7. The van der Waals surface area contributed by atoms with Gasteiger partial charge in [0, 0.05) is 52.4 Å². The third-order valence-electron chi connectivity index (χ3n) is 21.5. The fourth-order valence-corrected chi connectivity index (χ4v) is 14.3. The van der Waals surface area contributed by atoms with Gasteiger partial charge < -0.3 is 38.5 Å². The van der Waals surface area contributed by atoms with Crippen LogP contribution in [0.1, 0.15) is 410 Å². The van der Waals surface area contributed by atoms with Crippen LogP contribution < -0.4 is 0 Å². The number of hydrogen-bond donors (Lipinski definition) is 0. The van der Waals surface area contributed by atoms with Gasteiger partial charge in [0.2, 0.25) is 0 Å². The molecule has 4 unspecified atom stereocenters. The minimum atomic E-state index is -0.124. The number of unbranched alkanes of at least 4 members (excludes halogenated alkanes) is 32. The highest BCUT2D eigenvalue weighted by Gasteiger charge is 2.21. The molecule has 0 N–H and O–H groups in total. The van der Waals surface area contributed by atoms with E-state index in [0.717, 1.165) is 110 Å². The van der Waals surface area contributed by atoms with Gasteiger partial charge in [-0.1, -0.05) is 326 Å². The van der Waals surface area contributed by atoms with Gasteiger partial charge in [0.25, 0.3) is 0 Å². The van der Waals surface area contributed by atoms with Gasteiger partial charge in [-0.2, -0.15) is 0 Å². The zero-order chi connectivity index (χ0) is 72.5. The summed E-state index contributed by atoms with van der Waals surface area (Å²) in [6.07, 6.45) is 61.7. The monoisotopic (exact) mass is 1400 g/mol. The number of esters is 4. The molecule has 0 aliphatic rings. The van der Waals surface area contributed by atoms with E-state index in [1.165, 1.54) is 257 Å². The summed E-state index contributed by atoms with van der Waals surface area (Å²) >= 11 is 0. The molecule has 0 spiro atoms. The molecule has 0 aliphatic heterocycles.